The van der Waals surface area contributed by atoms with Gasteiger partial charge < -0.3 is 5.11 Å². The number of benzene rings is 2. The van der Waals surface area contributed by atoms with E-state index in [1.165, 1.54) is 13.0 Å². The maximum absolute atomic E-state index is 13.3. The van der Waals surface area contributed by atoms with E-state index in [0.29, 0.717) is 6.07 Å². The molecule has 0 unspecified atom stereocenters. The summed E-state index contributed by atoms with van der Waals surface area (Å²) in [4.78, 5) is 11.9. The van der Waals surface area contributed by atoms with Crippen molar-refractivity contribution >= 4 is 23.2 Å². The fraction of sp³-hybridized carbons (Fsp3) is 0.0667. The average Bonchev–Trinajstić information content (AvgIpc) is 2.48. The van der Waals surface area contributed by atoms with Crippen molar-refractivity contribution in [3.63, 3.8) is 0 Å². The molecule has 0 spiro atoms. The van der Waals surface area contributed by atoms with Gasteiger partial charge in [-0.3, -0.25) is 4.79 Å². The number of halogens is 3. The van der Waals surface area contributed by atoms with Crippen molar-refractivity contribution in [3.05, 3.63) is 64.2 Å². The highest BCUT2D eigenvalue weighted by molar-refractivity contribution is 6.33. The summed E-state index contributed by atoms with van der Waals surface area (Å²) in [7, 11) is 0. The van der Waals surface area contributed by atoms with Crippen LogP contribution in [0.3, 0.4) is 0 Å². The molecule has 0 aromatic heterocycles. The summed E-state index contributed by atoms with van der Waals surface area (Å²) in [5.74, 6) is -3.30. The molecule has 0 bridgehead atoms. The van der Waals surface area contributed by atoms with Gasteiger partial charge in [0, 0.05) is 11.6 Å². The largest absolute Gasteiger partial charge is 0.504 e. The normalized spacial score (nSPS) is 11.4. The van der Waals surface area contributed by atoms with Crippen molar-refractivity contribution in [2.24, 2.45) is 5.10 Å². The van der Waals surface area contributed by atoms with Crippen LogP contribution in [-0.4, -0.2) is 16.7 Å². The second-order valence-electron chi connectivity index (χ2n) is 4.40. The maximum Gasteiger partial charge on any atom is 0.272 e. The van der Waals surface area contributed by atoms with Crippen LogP contribution in [0.2, 0.25) is 5.02 Å². The predicted octanol–water partition coefficient (Wildman–Crippen LogP) is 3.48. The summed E-state index contributed by atoms with van der Waals surface area (Å²) < 4.78 is 26.4. The minimum absolute atomic E-state index is 0.0382. The molecular formula is C15H11ClF2N2O2. The fourth-order valence-corrected chi connectivity index (χ4v) is 1.96. The molecule has 7 heteroatoms. The number of nitrogens with one attached hydrogen (secondary N) is 1. The Hall–Kier alpha value is -2.47. The highest BCUT2D eigenvalue weighted by atomic mass is 35.5. The van der Waals surface area contributed by atoms with E-state index in [1.807, 2.05) is 0 Å². The van der Waals surface area contributed by atoms with Crippen LogP contribution in [0.25, 0.3) is 0 Å². The van der Waals surface area contributed by atoms with E-state index < -0.39 is 23.3 Å². The Labute approximate surface area is 130 Å². The van der Waals surface area contributed by atoms with Crippen LogP contribution in [0.5, 0.6) is 5.75 Å². The lowest BCUT2D eigenvalue weighted by molar-refractivity contribution is 0.0955. The highest BCUT2D eigenvalue weighted by Gasteiger charge is 2.14. The van der Waals surface area contributed by atoms with Gasteiger partial charge in [-0.2, -0.15) is 5.10 Å². The SMILES string of the molecule is C/C(=N\NC(=O)c1ccccc1Cl)c1cc(F)cc(F)c1O. The third-order valence-electron chi connectivity index (χ3n) is 2.86. The number of hydrogen-bond donors (Lipinski definition) is 2. The summed E-state index contributed by atoms with van der Waals surface area (Å²) in [6.45, 7) is 1.39. The zero-order valence-electron chi connectivity index (χ0n) is 11.4. The van der Waals surface area contributed by atoms with Crippen LogP contribution in [-0.2, 0) is 0 Å². The Morgan fingerprint density at radius 2 is 1.91 bits per heavy atom. The molecule has 2 aromatic rings. The number of carbonyl (C=O) groups is 1. The molecule has 114 valence electrons. The van der Waals surface area contributed by atoms with Gasteiger partial charge in [-0.25, -0.2) is 14.2 Å². The van der Waals surface area contributed by atoms with Crippen molar-refractivity contribution in [2.45, 2.75) is 6.92 Å². The van der Waals surface area contributed by atoms with Crippen molar-refractivity contribution in [3.8, 4) is 5.75 Å². The summed E-state index contributed by atoms with van der Waals surface area (Å²) in [6.07, 6.45) is 0. The van der Waals surface area contributed by atoms with Gasteiger partial charge in [-0.05, 0) is 25.1 Å². The van der Waals surface area contributed by atoms with Gasteiger partial charge >= 0.3 is 0 Å². The first-order chi connectivity index (χ1) is 10.4. The second kappa shape index (κ2) is 6.53. The van der Waals surface area contributed by atoms with Crippen molar-refractivity contribution < 1.29 is 18.7 Å². The first-order valence-corrected chi connectivity index (χ1v) is 6.55. The van der Waals surface area contributed by atoms with Crippen LogP contribution in [0, 0.1) is 11.6 Å². The summed E-state index contributed by atoms with van der Waals surface area (Å²) in [6, 6.07) is 7.81. The minimum Gasteiger partial charge on any atom is -0.504 e. The number of hydrogen-bond acceptors (Lipinski definition) is 3. The molecule has 1 amide bonds. The molecule has 0 fully saturated rings. The van der Waals surface area contributed by atoms with E-state index >= 15 is 0 Å². The quantitative estimate of drug-likeness (QED) is 0.670. The summed E-state index contributed by atoms with van der Waals surface area (Å²) >= 11 is 5.87. The zero-order chi connectivity index (χ0) is 16.3. The van der Waals surface area contributed by atoms with E-state index in [4.69, 9.17) is 11.6 Å². The van der Waals surface area contributed by atoms with Gasteiger partial charge in [0.15, 0.2) is 11.6 Å². The number of carbonyl (C=O) groups excluding carboxylic acids is 1. The summed E-state index contributed by atoms with van der Waals surface area (Å²) in [5.41, 5.74) is 2.30. The topological polar surface area (TPSA) is 61.7 Å². The number of phenols is 1. The molecule has 2 rings (SSSR count). The molecule has 0 saturated carbocycles. The zero-order valence-corrected chi connectivity index (χ0v) is 12.2. The molecular weight excluding hydrogens is 314 g/mol. The van der Waals surface area contributed by atoms with E-state index in [2.05, 4.69) is 10.5 Å². The molecule has 0 aliphatic rings. The van der Waals surface area contributed by atoms with Crippen LogP contribution in [0.4, 0.5) is 8.78 Å². The lowest BCUT2D eigenvalue weighted by Crippen LogP contribution is -2.19. The van der Waals surface area contributed by atoms with Crippen LogP contribution >= 0.6 is 11.6 Å². The fourth-order valence-electron chi connectivity index (χ4n) is 1.74. The van der Waals surface area contributed by atoms with Crippen LogP contribution < -0.4 is 5.43 Å². The Bertz CT molecular complexity index is 763. The van der Waals surface area contributed by atoms with Gasteiger partial charge in [0.2, 0.25) is 0 Å². The first-order valence-electron chi connectivity index (χ1n) is 6.17. The predicted molar refractivity (Wildman–Crippen MR) is 79.2 cm³/mol. The Morgan fingerprint density at radius 3 is 2.59 bits per heavy atom. The van der Waals surface area contributed by atoms with Crippen molar-refractivity contribution in [1.82, 2.24) is 5.43 Å². The van der Waals surface area contributed by atoms with Crippen molar-refractivity contribution in [1.29, 1.82) is 0 Å². The number of nitrogens with zero attached hydrogens (tertiary/aromatic N) is 1. The van der Waals surface area contributed by atoms with E-state index in [1.54, 1.807) is 18.2 Å². The number of phenolic OH excluding ortho intramolecular Hbond substituents is 1. The van der Waals surface area contributed by atoms with Crippen molar-refractivity contribution in [2.75, 3.05) is 0 Å². The molecule has 0 radical (unpaired) electrons. The first kappa shape index (κ1) is 15.9. The monoisotopic (exact) mass is 324 g/mol. The van der Waals surface area contributed by atoms with Gasteiger partial charge in [-0.1, -0.05) is 23.7 Å². The van der Waals surface area contributed by atoms with Gasteiger partial charge in [-0.15, -0.1) is 0 Å². The van der Waals surface area contributed by atoms with E-state index in [0.717, 1.165) is 6.07 Å². The third kappa shape index (κ3) is 3.40. The van der Waals surface area contributed by atoms with Crippen LogP contribution in [0.15, 0.2) is 41.5 Å². The average molecular weight is 325 g/mol. The molecule has 2 N–H and O–H groups in total. The van der Waals surface area contributed by atoms with Gasteiger partial charge in [0.05, 0.1) is 16.3 Å². The minimum atomic E-state index is -1.11. The molecule has 22 heavy (non-hydrogen) atoms. The molecule has 0 heterocycles. The smallest absolute Gasteiger partial charge is 0.272 e. The number of amides is 1. The molecule has 4 nitrogen and oxygen atoms in total. The second-order valence-corrected chi connectivity index (χ2v) is 4.81. The maximum atomic E-state index is 13.3. The molecule has 0 aliphatic carbocycles. The van der Waals surface area contributed by atoms with E-state index in [9.17, 15) is 18.7 Å². The lowest BCUT2D eigenvalue weighted by Gasteiger charge is -2.07. The summed E-state index contributed by atoms with van der Waals surface area (Å²) in [5, 5.41) is 13.5. The Balaban J connectivity index is 2.24. The number of aromatic hydroxyl groups is 1. The third-order valence-corrected chi connectivity index (χ3v) is 3.19. The van der Waals surface area contributed by atoms with E-state index in [-0.39, 0.29) is 21.9 Å². The Morgan fingerprint density at radius 1 is 1.23 bits per heavy atom. The highest BCUT2D eigenvalue weighted by Crippen LogP contribution is 2.23. The standard InChI is InChI=1S/C15H11ClF2N2O2/c1-8(11-6-9(17)7-13(18)14(11)21)19-20-15(22)10-4-2-3-5-12(10)16/h2-7,21H,1H3,(H,20,22)/b19-8+. The molecule has 0 saturated heterocycles. The molecule has 0 atom stereocenters. The lowest BCUT2D eigenvalue weighted by atomic mass is 10.1. The van der Waals surface area contributed by atoms with Gasteiger partial charge in [0.25, 0.3) is 5.91 Å². The Kier molecular flexibility index (Phi) is 4.72. The van der Waals surface area contributed by atoms with Gasteiger partial charge in [0.1, 0.15) is 5.82 Å². The number of hydrazone groups is 1. The molecule has 0 aliphatic heterocycles. The van der Waals surface area contributed by atoms with Crippen LogP contribution in [0.1, 0.15) is 22.8 Å². The number of rotatable bonds is 3. The molecule has 2 aromatic carbocycles.